The summed E-state index contributed by atoms with van der Waals surface area (Å²) in [7, 11) is -3.87. The van der Waals surface area contributed by atoms with Crippen LogP contribution in [0.15, 0.2) is 36.4 Å². The summed E-state index contributed by atoms with van der Waals surface area (Å²) in [5.41, 5.74) is 2.39. The van der Waals surface area contributed by atoms with Crippen molar-refractivity contribution in [3.05, 3.63) is 53.5 Å². The van der Waals surface area contributed by atoms with Gasteiger partial charge in [-0.25, -0.2) is 12.7 Å². The predicted octanol–water partition coefficient (Wildman–Crippen LogP) is 3.41. The summed E-state index contributed by atoms with van der Waals surface area (Å²) in [5.74, 6) is -0.687. The maximum absolute atomic E-state index is 13.1. The lowest BCUT2D eigenvalue weighted by Gasteiger charge is -2.22. The second-order valence-electron chi connectivity index (χ2n) is 7.92. The molecule has 0 aliphatic heterocycles. The van der Waals surface area contributed by atoms with Gasteiger partial charge in [0.1, 0.15) is 0 Å². The van der Waals surface area contributed by atoms with E-state index in [4.69, 9.17) is 0 Å². The zero-order valence-electron chi connectivity index (χ0n) is 16.9. The number of aryl methyl sites for hydroxylation is 2. The highest BCUT2D eigenvalue weighted by atomic mass is 32.2. The Labute approximate surface area is 165 Å². The van der Waals surface area contributed by atoms with Crippen molar-refractivity contribution in [2.75, 3.05) is 10.6 Å². The van der Waals surface area contributed by atoms with Gasteiger partial charge >= 0.3 is 0 Å². The molecule has 1 aromatic carbocycles. The minimum Gasteiger partial charge on any atom is -0.266 e. The summed E-state index contributed by atoms with van der Waals surface area (Å²) in [4.78, 5) is 17.5. The zero-order valence-corrected chi connectivity index (χ0v) is 17.7. The van der Waals surface area contributed by atoms with E-state index in [0.717, 1.165) is 32.9 Å². The number of amides is 1. The minimum absolute atomic E-state index is 0.0833. The van der Waals surface area contributed by atoms with E-state index in [1.165, 1.54) is 0 Å². The van der Waals surface area contributed by atoms with Crippen molar-refractivity contribution in [3.8, 4) is 0 Å². The fraction of sp³-hybridized carbons (Fsp3) is 0.350. The van der Waals surface area contributed by atoms with Gasteiger partial charge in [-0.15, -0.1) is 0 Å². The molecule has 0 aliphatic rings. The van der Waals surface area contributed by atoms with E-state index >= 15 is 0 Å². The van der Waals surface area contributed by atoms with Crippen molar-refractivity contribution in [1.82, 2.24) is 14.8 Å². The van der Waals surface area contributed by atoms with E-state index in [9.17, 15) is 13.2 Å². The molecule has 2 aromatic heterocycles. The minimum atomic E-state index is -3.87. The van der Waals surface area contributed by atoms with Crippen LogP contribution in [0.1, 0.15) is 42.6 Å². The van der Waals surface area contributed by atoms with Crippen molar-refractivity contribution in [2.45, 2.75) is 40.2 Å². The fourth-order valence-corrected chi connectivity index (χ4v) is 4.05. The van der Waals surface area contributed by atoms with Gasteiger partial charge in [-0.1, -0.05) is 6.07 Å². The molecule has 28 heavy (non-hydrogen) atoms. The number of nitrogens with zero attached hydrogens (tertiary/aromatic N) is 4. The second kappa shape index (κ2) is 6.70. The molecule has 3 aromatic rings. The number of carbonyl (C=O) groups excluding carboxylic acids is 1. The summed E-state index contributed by atoms with van der Waals surface area (Å²) < 4.78 is 27.5. The molecule has 3 rings (SSSR count). The first-order valence-electron chi connectivity index (χ1n) is 8.87. The first kappa shape index (κ1) is 20.0. The summed E-state index contributed by atoms with van der Waals surface area (Å²) >= 11 is 0. The van der Waals surface area contributed by atoms with Crippen LogP contribution >= 0.6 is 0 Å². The van der Waals surface area contributed by atoms with E-state index in [2.05, 4.69) is 10.1 Å². The van der Waals surface area contributed by atoms with Gasteiger partial charge in [0.05, 0.1) is 23.0 Å². The zero-order chi connectivity index (χ0) is 20.9. The van der Waals surface area contributed by atoms with E-state index in [1.807, 2.05) is 46.8 Å². The third-order valence-electron chi connectivity index (χ3n) is 4.30. The Bertz CT molecular complexity index is 1170. The Kier molecular flexibility index (Phi) is 4.79. The standard InChI is InChI=1S/C20H24N4O3S/c1-13-7-8-15-12-16(9-10-17(15)21-13)23(28(6,26)27)19(25)18-11-14(2)24(22-18)20(3,4)5/h7-12H,1-6H3. The molecular formula is C20H24N4O3S. The Hall–Kier alpha value is -2.74. The first-order chi connectivity index (χ1) is 12.9. The van der Waals surface area contributed by atoms with Gasteiger partial charge in [0.15, 0.2) is 5.69 Å². The molecule has 0 spiro atoms. The van der Waals surface area contributed by atoms with Crippen LogP contribution < -0.4 is 4.31 Å². The molecule has 8 heteroatoms. The van der Waals surface area contributed by atoms with Crippen molar-refractivity contribution >= 4 is 32.5 Å². The number of rotatable bonds is 3. The van der Waals surface area contributed by atoms with Gasteiger partial charge in [-0.2, -0.15) is 5.10 Å². The molecule has 148 valence electrons. The number of anilines is 1. The smallest absolute Gasteiger partial charge is 0.266 e. The van der Waals surface area contributed by atoms with E-state index < -0.39 is 15.9 Å². The first-order valence-corrected chi connectivity index (χ1v) is 10.7. The van der Waals surface area contributed by atoms with E-state index in [1.54, 1.807) is 28.9 Å². The summed E-state index contributed by atoms with van der Waals surface area (Å²) in [6, 6.07) is 10.2. The molecule has 2 heterocycles. The number of carbonyl (C=O) groups is 1. The quantitative estimate of drug-likeness (QED) is 0.673. The van der Waals surface area contributed by atoms with Crippen molar-refractivity contribution in [1.29, 1.82) is 0 Å². The number of benzene rings is 1. The van der Waals surface area contributed by atoms with Crippen molar-refractivity contribution < 1.29 is 13.2 Å². The molecule has 0 aliphatic carbocycles. The van der Waals surface area contributed by atoms with Crippen LogP contribution in [-0.4, -0.2) is 35.3 Å². The number of hydrogen-bond acceptors (Lipinski definition) is 5. The topological polar surface area (TPSA) is 85.2 Å². The molecule has 0 N–H and O–H groups in total. The summed E-state index contributed by atoms with van der Waals surface area (Å²) in [6.07, 6.45) is 1.01. The highest BCUT2D eigenvalue weighted by molar-refractivity contribution is 7.92. The van der Waals surface area contributed by atoms with Gasteiger partial charge in [0, 0.05) is 16.8 Å². The normalized spacial score (nSPS) is 12.4. The molecule has 0 saturated heterocycles. The average Bonchev–Trinajstić information content (AvgIpc) is 2.96. The van der Waals surface area contributed by atoms with Gasteiger partial charge in [-0.05, 0) is 65.0 Å². The van der Waals surface area contributed by atoms with Crippen molar-refractivity contribution in [3.63, 3.8) is 0 Å². The maximum Gasteiger partial charge on any atom is 0.292 e. The third kappa shape index (κ3) is 3.77. The Morgan fingerprint density at radius 1 is 1.07 bits per heavy atom. The van der Waals surface area contributed by atoms with Gasteiger partial charge in [0.25, 0.3) is 5.91 Å². The molecule has 1 amide bonds. The van der Waals surface area contributed by atoms with E-state index in [-0.39, 0.29) is 16.9 Å². The maximum atomic E-state index is 13.1. The van der Waals surface area contributed by atoms with Gasteiger partial charge < -0.3 is 0 Å². The SMILES string of the molecule is Cc1ccc2cc(N(C(=O)c3cc(C)n(C(C)(C)C)n3)S(C)(=O)=O)ccc2n1. The lowest BCUT2D eigenvalue weighted by atomic mass is 10.1. The molecule has 0 bridgehead atoms. The van der Waals surface area contributed by atoms with Crippen LogP contribution in [0.5, 0.6) is 0 Å². The Balaban J connectivity index is 2.11. The average molecular weight is 401 g/mol. The van der Waals surface area contributed by atoms with Crippen LogP contribution in [0.25, 0.3) is 10.9 Å². The number of sulfonamides is 1. The monoisotopic (exact) mass is 400 g/mol. The molecule has 0 saturated carbocycles. The predicted molar refractivity (Wildman–Crippen MR) is 110 cm³/mol. The van der Waals surface area contributed by atoms with Gasteiger partial charge in [-0.3, -0.25) is 14.5 Å². The van der Waals surface area contributed by atoms with Crippen LogP contribution in [0.3, 0.4) is 0 Å². The third-order valence-corrected chi connectivity index (χ3v) is 5.34. The van der Waals surface area contributed by atoms with Crippen LogP contribution in [-0.2, 0) is 15.6 Å². The van der Waals surface area contributed by atoms with Crippen LogP contribution in [0, 0.1) is 13.8 Å². The second-order valence-corrected chi connectivity index (χ2v) is 9.75. The molecule has 0 unspecified atom stereocenters. The fourth-order valence-electron chi connectivity index (χ4n) is 3.16. The Morgan fingerprint density at radius 3 is 2.32 bits per heavy atom. The highest BCUT2D eigenvalue weighted by Crippen LogP contribution is 2.26. The van der Waals surface area contributed by atoms with Gasteiger partial charge in [0.2, 0.25) is 10.0 Å². The molecule has 0 fully saturated rings. The lowest BCUT2D eigenvalue weighted by Crippen LogP contribution is -2.36. The number of fused-ring (bicyclic) bond motifs is 1. The number of hydrogen-bond donors (Lipinski definition) is 0. The molecule has 0 atom stereocenters. The van der Waals surface area contributed by atoms with Crippen LogP contribution in [0.2, 0.25) is 0 Å². The summed E-state index contributed by atoms with van der Waals surface area (Å²) in [5, 5.41) is 5.11. The van der Waals surface area contributed by atoms with Crippen LogP contribution in [0.4, 0.5) is 5.69 Å². The number of pyridine rings is 1. The molecule has 7 nitrogen and oxygen atoms in total. The summed E-state index contributed by atoms with van der Waals surface area (Å²) in [6.45, 7) is 9.62. The number of aromatic nitrogens is 3. The largest absolute Gasteiger partial charge is 0.292 e. The van der Waals surface area contributed by atoms with E-state index in [0.29, 0.717) is 0 Å². The lowest BCUT2D eigenvalue weighted by molar-refractivity contribution is 0.0999. The molecule has 0 radical (unpaired) electrons. The Morgan fingerprint density at radius 2 is 1.75 bits per heavy atom. The molecular weight excluding hydrogens is 376 g/mol. The highest BCUT2D eigenvalue weighted by Gasteiger charge is 2.30. The van der Waals surface area contributed by atoms with Crippen molar-refractivity contribution in [2.24, 2.45) is 0 Å².